The average molecular weight is 383 g/mol. The van der Waals surface area contributed by atoms with Gasteiger partial charge >= 0.3 is 0 Å². The van der Waals surface area contributed by atoms with Gasteiger partial charge in [-0.2, -0.15) is 10.2 Å². The van der Waals surface area contributed by atoms with E-state index in [-0.39, 0.29) is 6.23 Å². The number of halogens is 2. The molecule has 1 unspecified atom stereocenters. The standard InChI is InChI=1S/C14H13BrClN5O/c15-9-8-18-21-11(7-12(16)19-14(9)21)10-4-5-17-20(10)13-3-1-2-6-22-13/h4-5,7-8,13H,1-3,6H2. The molecule has 6 nitrogen and oxygen atoms in total. The van der Waals surface area contributed by atoms with Gasteiger partial charge in [-0.1, -0.05) is 11.6 Å². The van der Waals surface area contributed by atoms with E-state index in [1.807, 2.05) is 10.7 Å². The summed E-state index contributed by atoms with van der Waals surface area (Å²) in [6.45, 7) is 0.768. The summed E-state index contributed by atoms with van der Waals surface area (Å²) in [7, 11) is 0. The Morgan fingerprint density at radius 2 is 2.18 bits per heavy atom. The van der Waals surface area contributed by atoms with E-state index in [4.69, 9.17) is 16.3 Å². The van der Waals surface area contributed by atoms with Crippen molar-refractivity contribution in [3.8, 4) is 11.4 Å². The van der Waals surface area contributed by atoms with Crippen molar-refractivity contribution in [1.29, 1.82) is 0 Å². The molecule has 3 aromatic heterocycles. The molecular weight excluding hydrogens is 370 g/mol. The molecule has 8 heteroatoms. The maximum absolute atomic E-state index is 6.17. The fraction of sp³-hybridized carbons (Fsp3) is 0.357. The van der Waals surface area contributed by atoms with Gasteiger partial charge in [0.1, 0.15) is 5.15 Å². The highest BCUT2D eigenvalue weighted by Crippen LogP contribution is 2.30. The predicted molar refractivity (Wildman–Crippen MR) is 85.8 cm³/mol. The molecule has 1 saturated heterocycles. The Morgan fingerprint density at radius 3 is 3.00 bits per heavy atom. The first-order chi connectivity index (χ1) is 10.7. The van der Waals surface area contributed by atoms with E-state index in [0.717, 1.165) is 41.7 Å². The summed E-state index contributed by atoms with van der Waals surface area (Å²) in [5.41, 5.74) is 2.43. The fourth-order valence-electron chi connectivity index (χ4n) is 2.75. The molecule has 22 heavy (non-hydrogen) atoms. The van der Waals surface area contributed by atoms with E-state index in [2.05, 4.69) is 31.1 Å². The van der Waals surface area contributed by atoms with Crippen LogP contribution in [0.3, 0.4) is 0 Å². The summed E-state index contributed by atoms with van der Waals surface area (Å²) in [4.78, 5) is 4.31. The van der Waals surface area contributed by atoms with Crippen LogP contribution in [-0.4, -0.2) is 31.0 Å². The van der Waals surface area contributed by atoms with Crippen LogP contribution in [0.2, 0.25) is 5.15 Å². The van der Waals surface area contributed by atoms with E-state index in [9.17, 15) is 0 Å². The third kappa shape index (κ3) is 2.33. The minimum absolute atomic E-state index is 0.0419. The largest absolute Gasteiger partial charge is 0.356 e. The summed E-state index contributed by atoms with van der Waals surface area (Å²) >= 11 is 9.62. The van der Waals surface area contributed by atoms with Gasteiger partial charge in [-0.3, -0.25) is 0 Å². The Morgan fingerprint density at radius 1 is 1.27 bits per heavy atom. The molecule has 4 rings (SSSR count). The summed E-state index contributed by atoms with van der Waals surface area (Å²) in [5, 5.41) is 9.22. The van der Waals surface area contributed by atoms with Gasteiger partial charge in [-0.05, 0) is 41.3 Å². The van der Waals surface area contributed by atoms with Crippen molar-refractivity contribution in [2.75, 3.05) is 6.61 Å². The quantitative estimate of drug-likeness (QED) is 0.634. The zero-order valence-electron chi connectivity index (χ0n) is 11.6. The van der Waals surface area contributed by atoms with Crippen molar-refractivity contribution in [3.05, 3.63) is 34.2 Å². The van der Waals surface area contributed by atoms with Gasteiger partial charge in [0.25, 0.3) is 0 Å². The highest BCUT2D eigenvalue weighted by Gasteiger charge is 2.21. The Kier molecular flexibility index (Phi) is 3.63. The Balaban J connectivity index is 1.87. The molecule has 0 saturated carbocycles. The van der Waals surface area contributed by atoms with Gasteiger partial charge < -0.3 is 4.74 Å². The number of hydrogen-bond donors (Lipinski definition) is 0. The molecule has 1 aliphatic heterocycles. The molecule has 0 bridgehead atoms. The van der Waals surface area contributed by atoms with Gasteiger partial charge in [0.05, 0.1) is 22.1 Å². The number of aromatic nitrogens is 5. The molecule has 0 spiro atoms. The Bertz CT molecular complexity index is 824. The summed E-state index contributed by atoms with van der Waals surface area (Å²) in [6, 6.07) is 3.74. The van der Waals surface area contributed by atoms with E-state index in [0.29, 0.717) is 10.8 Å². The lowest BCUT2D eigenvalue weighted by Gasteiger charge is -2.24. The molecule has 0 aromatic carbocycles. The van der Waals surface area contributed by atoms with Crippen LogP contribution >= 0.6 is 27.5 Å². The van der Waals surface area contributed by atoms with Crippen LogP contribution in [0.5, 0.6) is 0 Å². The van der Waals surface area contributed by atoms with Crippen LogP contribution in [0.1, 0.15) is 25.5 Å². The molecule has 1 fully saturated rings. The number of fused-ring (bicyclic) bond motifs is 1. The molecule has 0 aliphatic carbocycles. The van der Waals surface area contributed by atoms with Crippen molar-refractivity contribution < 1.29 is 4.74 Å². The van der Waals surface area contributed by atoms with Crippen LogP contribution < -0.4 is 0 Å². The monoisotopic (exact) mass is 381 g/mol. The topological polar surface area (TPSA) is 57.2 Å². The Labute approximate surface area is 140 Å². The molecule has 0 radical (unpaired) electrons. The van der Waals surface area contributed by atoms with Gasteiger partial charge in [-0.25, -0.2) is 14.2 Å². The molecule has 4 heterocycles. The van der Waals surface area contributed by atoms with Gasteiger partial charge in [0.15, 0.2) is 11.9 Å². The fourth-order valence-corrected chi connectivity index (χ4v) is 3.28. The van der Waals surface area contributed by atoms with Gasteiger partial charge in [-0.15, -0.1) is 0 Å². The van der Waals surface area contributed by atoms with Crippen molar-refractivity contribution in [2.45, 2.75) is 25.5 Å². The summed E-state index contributed by atoms with van der Waals surface area (Å²) in [5.74, 6) is 0. The van der Waals surface area contributed by atoms with Crippen LogP contribution in [0.15, 0.2) is 29.0 Å². The first-order valence-electron chi connectivity index (χ1n) is 7.09. The van der Waals surface area contributed by atoms with Gasteiger partial charge in [0, 0.05) is 18.9 Å². The Hall–Kier alpha value is -1.44. The molecule has 1 atom stereocenters. The smallest absolute Gasteiger partial charge is 0.171 e. The lowest BCUT2D eigenvalue weighted by molar-refractivity contribution is -0.0384. The van der Waals surface area contributed by atoms with Crippen molar-refractivity contribution >= 4 is 33.2 Å². The van der Waals surface area contributed by atoms with E-state index in [1.54, 1.807) is 23.0 Å². The lowest BCUT2D eigenvalue weighted by Crippen LogP contribution is -2.20. The molecule has 0 amide bonds. The summed E-state index contributed by atoms with van der Waals surface area (Å²) in [6.07, 6.45) is 6.64. The average Bonchev–Trinajstić information content (AvgIpc) is 3.15. The maximum Gasteiger partial charge on any atom is 0.171 e. The number of rotatable bonds is 2. The van der Waals surface area contributed by atoms with Crippen molar-refractivity contribution in [1.82, 2.24) is 24.4 Å². The number of hydrogen-bond acceptors (Lipinski definition) is 4. The highest BCUT2D eigenvalue weighted by atomic mass is 79.9. The SMILES string of the molecule is Clc1cc(-c2ccnn2C2CCCCO2)n2ncc(Br)c2n1. The second kappa shape index (κ2) is 5.64. The minimum atomic E-state index is -0.0419. The molecule has 1 aliphatic rings. The molecular formula is C14H13BrClN5O. The second-order valence-corrected chi connectivity index (χ2v) is 6.42. The van der Waals surface area contributed by atoms with Crippen molar-refractivity contribution in [2.24, 2.45) is 0 Å². The van der Waals surface area contributed by atoms with E-state index in [1.165, 1.54) is 0 Å². The summed E-state index contributed by atoms with van der Waals surface area (Å²) < 4.78 is 10.3. The minimum Gasteiger partial charge on any atom is -0.356 e. The van der Waals surface area contributed by atoms with Crippen LogP contribution in [-0.2, 0) is 4.74 Å². The normalized spacial score (nSPS) is 18.9. The second-order valence-electron chi connectivity index (χ2n) is 5.17. The number of ether oxygens (including phenoxy) is 1. The molecule has 3 aromatic rings. The van der Waals surface area contributed by atoms with Crippen LogP contribution in [0, 0.1) is 0 Å². The predicted octanol–water partition coefficient (Wildman–Crippen LogP) is 3.71. The van der Waals surface area contributed by atoms with E-state index >= 15 is 0 Å². The van der Waals surface area contributed by atoms with Crippen LogP contribution in [0.25, 0.3) is 17.0 Å². The van der Waals surface area contributed by atoms with Crippen molar-refractivity contribution in [3.63, 3.8) is 0 Å². The molecule has 114 valence electrons. The highest BCUT2D eigenvalue weighted by molar-refractivity contribution is 9.10. The first kappa shape index (κ1) is 14.2. The number of nitrogens with zero attached hydrogens (tertiary/aromatic N) is 5. The third-order valence-electron chi connectivity index (χ3n) is 3.76. The van der Waals surface area contributed by atoms with Gasteiger partial charge in [0.2, 0.25) is 0 Å². The maximum atomic E-state index is 6.17. The van der Waals surface area contributed by atoms with E-state index < -0.39 is 0 Å². The van der Waals surface area contributed by atoms with Crippen LogP contribution in [0.4, 0.5) is 0 Å². The lowest BCUT2D eigenvalue weighted by atomic mass is 10.2. The zero-order valence-corrected chi connectivity index (χ0v) is 14.0. The molecule has 0 N–H and O–H groups in total. The first-order valence-corrected chi connectivity index (χ1v) is 8.26. The third-order valence-corrected chi connectivity index (χ3v) is 4.51. The zero-order chi connectivity index (χ0) is 15.1.